The van der Waals surface area contributed by atoms with Gasteiger partial charge in [-0.25, -0.2) is 14.8 Å². The summed E-state index contributed by atoms with van der Waals surface area (Å²) < 4.78 is 4.60. The highest BCUT2D eigenvalue weighted by molar-refractivity contribution is 5.85. The average molecular weight is 263 g/mol. The fraction of sp³-hybridized carbons (Fsp3) is 0.643. The quantitative estimate of drug-likeness (QED) is 0.845. The monoisotopic (exact) mass is 263 g/mol. The third kappa shape index (κ3) is 2.29. The maximum absolute atomic E-state index is 11.3. The molecule has 1 aliphatic rings. The van der Waals surface area contributed by atoms with E-state index in [4.69, 9.17) is 0 Å². The van der Waals surface area contributed by atoms with E-state index < -0.39 is 5.97 Å². The number of aromatic nitrogens is 2. The molecule has 0 unspecified atom stereocenters. The Bertz CT molecular complexity index is 483. The smallest absolute Gasteiger partial charge is 0.376 e. The third-order valence-corrected chi connectivity index (χ3v) is 4.83. The van der Waals surface area contributed by atoms with Crippen LogP contribution in [0.2, 0.25) is 0 Å². The van der Waals surface area contributed by atoms with Gasteiger partial charge in [-0.15, -0.1) is 0 Å². The molecule has 0 radical (unpaired) electrons. The standard InChI is InChI=1S/C14H21N3O2/c1-13(2)9(14(13,3)4)8-16-10-6-7-15-11(17-10)12(18)19-5/h6-7,9H,8H2,1-5H3,(H,15,16,17). The number of esters is 1. The Balaban J connectivity index is 2.00. The molecule has 5 heteroatoms. The van der Waals surface area contributed by atoms with Gasteiger partial charge in [-0.05, 0) is 22.8 Å². The van der Waals surface area contributed by atoms with Crippen LogP contribution in [0.25, 0.3) is 0 Å². The van der Waals surface area contributed by atoms with Crippen molar-refractivity contribution in [2.75, 3.05) is 19.0 Å². The number of nitrogens with one attached hydrogen (secondary N) is 1. The van der Waals surface area contributed by atoms with Crippen LogP contribution < -0.4 is 5.32 Å². The second kappa shape index (κ2) is 4.47. The van der Waals surface area contributed by atoms with E-state index in [0.29, 0.717) is 22.6 Å². The van der Waals surface area contributed by atoms with Gasteiger partial charge in [0.25, 0.3) is 0 Å². The van der Waals surface area contributed by atoms with Gasteiger partial charge >= 0.3 is 5.97 Å². The Labute approximate surface area is 113 Å². The molecular weight excluding hydrogens is 242 g/mol. The number of nitrogens with zero attached hydrogens (tertiary/aromatic N) is 2. The number of hydrogen-bond donors (Lipinski definition) is 1. The summed E-state index contributed by atoms with van der Waals surface area (Å²) in [5.41, 5.74) is 0.663. The lowest BCUT2D eigenvalue weighted by molar-refractivity contribution is 0.0587. The molecular formula is C14H21N3O2. The number of hydrogen-bond acceptors (Lipinski definition) is 5. The molecule has 0 atom stereocenters. The number of ether oxygens (including phenoxy) is 1. The molecule has 1 saturated carbocycles. The van der Waals surface area contributed by atoms with Crippen molar-refractivity contribution in [1.82, 2.24) is 9.97 Å². The van der Waals surface area contributed by atoms with Gasteiger partial charge in [0, 0.05) is 12.7 Å². The van der Waals surface area contributed by atoms with E-state index in [1.54, 1.807) is 12.3 Å². The largest absolute Gasteiger partial charge is 0.463 e. The summed E-state index contributed by atoms with van der Waals surface area (Å²) in [5.74, 6) is 0.822. The zero-order valence-corrected chi connectivity index (χ0v) is 12.2. The number of methoxy groups -OCH3 is 1. The zero-order chi connectivity index (χ0) is 14.3. The van der Waals surface area contributed by atoms with Gasteiger partial charge in [-0.3, -0.25) is 0 Å². The van der Waals surface area contributed by atoms with Crippen LogP contribution in [0.15, 0.2) is 12.3 Å². The van der Waals surface area contributed by atoms with E-state index in [9.17, 15) is 4.79 Å². The summed E-state index contributed by atoms with van der Waals surface area (Å²) in [5, 5.41) is 3.28. The summed E-state index contributed by atoms with van der Waals surface area (Å²) in [7, 11) is 1.32. The van der Waals surface area contributed by atoms with Crippen molar-refractivity contribution in [3.05, 3.63) is 18.1 Å². The lowest BCUT2D eigenvalue weighted by atomic mass is 10.0. The summed E-state index contributed by atoms with van der Waals surface area (Å²) >= 11 is 0. The SMILES string of the molecule is COC(=O)c1nccc(NCC2C(C)(C)C2(C)C)n1. The Morgan fingerprint density at radius 1 is 1.37 bits per heavy atom. The Hall–Kier alpha value is -1.65. The highest BCUT2D eigenvalue weighted by atomic mass is 16.5. The molecule has 1 aromatic rings. The van der Waals surface area contributed by atoms with Crippen LogP contribution in [-0.4, -0.2) is 29.6 Å². The molecule has 19 heavy (non-hydrogen) atoms. The van der Waals surface area contributed by atoms with Gasteiger partial charge in [0.15, 0.2) is 0 Å². The summed E-state index contributed by atoms with van der Waals surface area (Å²) in [6, 6.07) is 1.76. The molecule has 0 aromatic carbocycles. The summed E-state index contributed by atoms with van der Waals surface area (Å²) in [6.45, 7) is 9.95. The molecule has 0 spiro atoms. The van der Waals surface area contributed by atoms with Crippen LogP contribution in [0.5, 0.6) is 0 Å². The van der Waals surface area contributed by atoms with Crippen LogP contribution in [0, 0.1) is 16.7 Å². The molecule has 0 aliphatic heterocycles. The first-order valence-corrected chi connectivity index (χ1v) is 6.46. The van der Waals surface area contributed by atoms with Gasteiger partial charge in [-0.1, -0.05) is 27.7 Å². The fourth-order valence-electron chi connectivity index (χ4n) is 2.70. The van der Waals surface area contributed by atoms with E-state index in [1.165, 1.54) is 7.11 Å². The minimum absolute atomic E-state index is 0.0850. The highest BCUT2D eigenvalue weighted by Crippen LogP contribution is 2.68. The fourth-order valence-corrected chi connectivity index (χ4v) is 2.70. The van der Waals surface area contributed by atoms with Crippen molar-refractivity contribution >= 4 is 11.8 Å². The molecule has 5 nitrogen and oxygen atoms in total. The number of carbonyl (C=O) groups is 1. The predicted octanol–water partition coefficient (Wildman–Crippen LogP) is 2.36. The topological polar surface area (TPSA) is 64.1 Å². The minimum Gasteiger partial charge on any atom is -0.463 e. The lowest BCUT2D eigenvalue weighted by Gasteiger charge is -2.07. The molecule has 104 valence electrons. The summed E-state index contributed by atoms with van der Waals surface area (Å²) in [4.78, 5) is 19.4. The van der Waals surface area contributed by atoms with Crippen LogP contribution in [-0.2, 0) is 4.74 Å². The van der Waals surface area contributed by atoms with Crippen molar-refractivity contribution in [2.24, 2.45) is 16.7 Å². The Morgan fingerprint density at radius 2 is 2.00 bits per heavy atom. The molecule has 2 rings (SSSR count). The van der Waals surface area contributed by atoms with Crippen LogP contribution >= 0.6 is 0 Å². The van der Waals surface area contributed by atoms with Crippen molar-refractivity contribution in [3.63, 3.8) is 0 Å². The van der Waals surface area contributed by atoms with Crippen molar-refractivity contribution < 1.29 is 9.53 Å². The van der Waals surface area contributed by atoms with Crippen molar-refractivity contribution in [2.45, 2.75) is 27.7 Å². The number of rotatable bonds is 4. The van der Waals surface area contributed by atoms with Gasteiger partial charge in [0.1, 0.15) is 5.82 Å². The van der Waals surface area contributed by atoms with Gasteiger partial charge < -0.3 is 10.1 Å². The van der Waals surface area contributed by atoms with E-state index in [1.807, 2.05) is 0 Å². The lowest BCUT2D eigenvalue weighted by Crippen LogP contribution is -2.12. The van der Waals surface area contributed by atoms with Crippen LogP contribution in [0.3, 0.4) is 0 Å². The maximum atomic E-state index is 11.3. The van der Waals surface area contributed by atoms with Crippen LogP contribution in [0.4, 0.5) is 5.82 Å². The second-order valence-corrected chi connectivity index (χ2v) is 6.13. The molecule has 0 bridgehead atoms. The normalized spacial score (nSPS) is 19.8. The maximum Gasteiger partial charge on any atom is 0.376 e. The number of carbonyl (C=O) groups excluding carboxylic acids is 1. The molecule has 1 N–H and O–H groups in total. The van der Waals surface area contributed by atoms with Gasteiger partial charge in [0.2, 0.25) is 5.82 Å². The van der Waals surface area contributed by atoms with Crippen molar-refractivity contribution in [1.29, 1.82) is 0 Å². The van der Waals surface area contributed by atoms with Gasteiger partial charge in [0.05, 0.1) is 7.11 Å². The first-order valence-electron chi connectivity index (χ1n) is 6.46. The first-order chi connectivity index (χ1) is 8.80. The molecule has 1 aromatic heterocycles. The average Bonchev–Trinajstić information content (AvgIpc) is 2.76. The molecule has 0 amide bonds. The van der Waals surface area contributed by atoms with E-state index >= 15 is 0 Å². The zero-order valence-electron chi connectivity index (χ0n) is 12.2. The Morgan fingerprint density at radius 3 is 2.53 bits per heavy atom. The second-order valence-electron chi connectivity index (χ2n) is 6.13. The highest BCUT2D eigenvalue weighted by Gasteiger charge is 2.64. The summed E-state index contributed by atoms with van der Waals surface area (Å²) in [6.07, 6.45) is 1.56. The van der Waals surface area contributed by atoms with E-state index in [-0.39, 0.29) is 5.82 Å². The third-order valence-electron chi connectivity index (χ3n) is 4.83. The number of anilines is 1. The first kappa shape index (κ1) is 13.8. The van der Waals surface area contributed by atoms with E-state index in [0.717, 1.165) is 6.54 Å². The molecule has 1 fully saturated rings. The van der Waals surface area contributed by atoms with Crippen LogP contribution in [0.1, 0.15) is 38.3 Å². The molecule has 0 saturated heterocycles. The Kier molecular flexibility index (Phi) is 3.24. The van der Waals surface area contributed by atoms with Gasteiger partial charge in [-0.2, -0.15) is 0 Å². The molecule has 1 heterocycles. The minimum atomic E-state index is -0.518. The van der Waals surface area contributed by atoms with Crippen molar-refractivity contribution in [3.8, 4) is 0 Å². The van der Waals surface area contributed by atoms with E-state index in [2.05, 4.69) is 47.7 Å². The molecule has 1 aliphatic carbocycles. The predicted molar refractivity (Wildman–Crippen MR) is 72.9 cm³/mol.